The molecule has 1 N–H and O–H groups in total. The van der Waals surface area contributed by atoms with E-state index in [0.29, 0.717) is 0 Å². The van der Waals surface area contributed by atoms with Gasteiger partial charge in [0.05, 0.1) is 6.61 Å². The Bertz CT molecular complexity index is 307. The monoisotopic (exact) mass is 301 g/mol. The SMILES string of the molecule is COCCCNCCCOc1cccc(Br)c1. The van der Waals surface area contributed by atoms with Crippen molar-refractivity contribution in [1.82, 2.24) is 5.32 Å². The van der Waals surface area contributed by atoms with Crippen LogP contribution >= 0.6 is 15.9 Å². The highest BCUT2D eigenvalue weighted by molar-refractivity contribution is 9.10. The fraction of sp³-hybridized carbons (Fsp3) is 0.538. The van der Waals surface area contributed by atoms with Crippen molar-refractivity contribution >= 4 is 15.9 Å². The molecule has 0 aliphatic heterocycles. The van der Waals surface area contributed by atoms with Gasteiger partial charge in [-0.2, -0.15) is 0 Å². The predicted octanol–water partition coefficient (Wildman–Crippen LogP) is 2.84. The number of benzene rings is 1. The summed E-state index contributed by atoms with van der Waals surface area (Å²) in [5.74, 6) is 0.916. The van der Waals surface area contributed by atoms with E-state index in [0.717, 1.165) is 49.4 Å². The van der Waals surface area contributed by atoms with Crippen LogP contribution < -0.4 is 10.1 Å². The lowest BCUT2D eigenvalue weighted by atomic mass is 10.3. The first-order chi connectivity index (χ1) is 8.33. The van der Waals surface area contributed by atoms with Crippen LogP contribution in [0, 0.1) is 0 Å². The third-order valence-corrected chi connectivity index (χ3v) is 2.76. The van der Waals surface area contributed by atoms with Crippen LogP contribution in [0.1, 0.15) is 12.8 Å². The van der Waals surface area contributed by atoms with Gasteiger partial charge in [0.2, 0.25) is 0 Å². The molecule has 0 amide bonds. The predicted molar refractivity (Wildman–Crippen MR) is 73.6 cm³/mol. The number of hydrogen-bond acceptors (Lipinski definition) is 3. The Labute approximate surface area is 112 Å². The molecular formula is C13H20BrNO2. The fourth-order valence-electron chi connectivity index (χ4n) is 1.41. The summed E-state index contributed by atoms with van der Waals surface area (Å²) in [5.41, 5.74) is 0. The molecule has 0 aliphatic rings. The summed E-state index contributed by atoms with van der Waals surface area (Å²) < 4.78 is 11.6. The molecule has 0 spiro atoms. The Kier molecular flexibility index (Phi) is 8.05. The van der Waals surface area contributed by atoms with Gasteiger partial charge in [-0.15, -0.1) is 0 Å². The van der Waals surface area contributed by atoms with Crippen LogP contribution in [0.4, 0.5) is 0 Å². The van der Waals surface area contributed by atoms with Crippen LogP contribution in [-0.2, 0) is 4.74 Å². The Balaban J connectivity index is 1.97. The Hall–Kier alpha value is -0.580. The molecule has 0 radical (unpaired) electrons. The molecule has 0 bridgehead atoms. The van der Waals surface area contributed by atoms with Gasteiger partial charge in [-0.25, -0.2) is 0 Å². The van der Waals surface area contributed by atoms with Gasteiger partial charge in [0.15, 0.2) is 0 Å². The van der Waals surface area contributed by atoms with E-state index in [4.69, 9.17) is 9.47 Å². The Morgan fingerprint density at radius 3 is 2.65 bits per heavy atom. The zero-order chi connectivity index (χ0) is 12.3. The standard InChI is InChI=1S/C13H20BrNO2/c1-16-9-3-7-15-8-4-10-17-13-6-2-5-12(14)11-13/h2,5-6,11,15H,3-4,7-10H2,1H3. The minimum absolute atomic E-state index is 0.744. The van der Waals surface area contributed by atoms with Gasteiger partial charge in [0.1, 0.15) is 5.75 Å². The first-order valence-electron chi connectivity index (χ1n) is 5.91. The summed E-state index contributed by atoms with van der Waals surface area (Å²) in [6.45, 7) is 3.55. The van der Waals surface area contributed by atoms with Crippen molar-refractivity contribution in [2.75, 3.05) is 33.4 Å². The molecular weight excluding hydrogens is 282 g/mol. The molecule has 96 valence electrons. The third kappa shape index (κ3) is 7.36. The summed E-state index contributed by atoms with van der Waals surface area (Å²) in [6.07, 6.45) is 2.07. The molecule has 0 fully saturated rings. The van der Waals surface area contributed by atoms with Crippen molar-refractivity contribution < 1.29 is 9.47 Å². The molecule has 0 saturated carbocycles. The summed E-state index contributed by atoms with van der Waals surface area (Å²) in [4.78, 5) is 0. The van der Waals surface area contributed by atoms with Crippen LogP contribution in [0.5, 0.6) is 5.75 Å². The highest BCUT2D eigenvalue weighted by Gasteiger charge is 1.94. The molecule has 3 nitrogen and oxygen atoms in total. The molecule has 1 aromatic rings. The minimum Gasteiger partial charge on any atom is -0.494 e. The molecule has 0 aromatic heterocycles. The molecule has 0 saturated heterocycles. The zero-order valence-corrected chi connectivity index (χ0v) is 11.8. The van der Waals surface area contributed by atoms with Crippen molar-refractivity contribution in [3.63, 3.8) is 0 Å². The van der Waals surface area contributed by atoms with E-state index in [1.807, 2.05) is 24.3 Å². The zero-order valence-electron chi connectivity index (χ0n) is 10.2. The normalized spacial score (nSPS) is 10.5. The van der Waals surface area contributed by atoms with E-state index in [1.165, 1.54) is 0 Å². The van der Waals surface area contributed by atoms with Crippen LogP contribution in [0.2, 0.25) is 0 Å². The maximum absolute atomic E-state index is 5.62. The minimum atomic E-state index is 0.744. The largest absolute Gasteiger partial charge is 0.494 e. The molecule has 0 atom stereocenters. The number of ether oxygens (including phenoxy) is 2. The summed E-state index contributed by atoms with van der Waals surface area (Å²) in [7, 11) is 1.73. The lowest BCUT2D eigenvalue weighted by Gasteiger charge is -2.07. The van der Waals surface area contributed by atoms with E-state index >= 15 is 0 Å². The van der Waals surface area contributed by atoms with Crippen molar-refractivity contribution in [1.29, 1.82) is 0 Å². The topological polar surface area (TPSA) is 30.5 Å². The van der Waals surface area contributed by atoms with E-state index in [2.05, 4.69) is 21.2 Å². The Morgan fingerprint density at radius 1 is 1.18 bits per heavy atom. The second-order valence-corrected chi connectivity index (χ2v) is 4.67. The highest BCUT2D eigenvalue weighted by Crippen LogP contribution is 2.17. The number of methoxy groups -OCH3 is 1. The lowest BCUT2D eigenvalue weighted by Crippen LogP contribution is -2.19. The number of rotatable bonds is 9. The van der Waals surface area contributed by atoms with Crippen molar-refractivity contribution in [2.45, 2.75) is 12.8 Å². The molecule has 0 unspecified atom stereocenters. The fourth-order valence-corrected chi connectivity index (χ4v) is 1.79. The van der Waals surface area contributed by atoms with Crippen molar-refractivity contribution in [3.05, 3.63) is 28.7 Å². The van der Waals surface area contributed by atoms with Crippen LogP contribution in [-0.4, -0.2) is 33.4 Å². The second-order valence-electron chi connectivity index (χ2n) is 3.76. The van der Waals surface area contributed by atoms with E-state index in [-0.39, 0.29) is 0 Å². The quantitative estimate of drug-likeness (QED) is 0.712. The smallest absolute Gasteiger partial charge is 0.120 e. The third-order valence-electron chi connectivity index (χ3n) is 2.26. The van der Waals surface area contributed by atoms with Gasteiger partial charge in [-0.3, -0.25) is 0 Å². The van der Waals surface area contributed by atoms with Gasteiger partial charge in [0, 0.05) is 18.2 Å². The van der Waals surface area contributed by atoms with Crippen LogP contribution in [0.3, 0.4) is 0 Å². The number of halogens is 1. The molecule has 17 heavy (non-hydrogen) atoms. The average Bonchev–Trinajstić information content (AvgIpc) is 2.33. The maximum Gasteiger partial charge on any atom is 0.120 e. The van der Waals surface area contributed by atoms with Gasteiger partial charge in [-0.05, 0) is 44.1 Å². The second kappa shape index (κ2) is 9.45. The lowest BCUT2D eigenvalue weighted by molar-refractivity contribution is 0.194. The van der Waals surface area contributed by atoms with Gasteiger partial charge >= 0.3 is 0 Å². The van der Waals surface area contributed by atoms with Gasteiger partial charge < -0.3 is 14.8 Å². The van der Waals surface area contributed by atoms with Crippen molar-refractivity contribution in [3.8, 4) is 5.75 Å². The van der Waals surface area contributed by atoms with Crippen molar-refractivity contribution in [2.24, 2.45) is 0 Å². The molecule has 1 aromatic carbocycles. The first-order valence-corrected chi connectivity index (χ1v) is 6.70. The molecule has 0 heterocycles. The average molecular weight is 302 g/mol. The van der Waals surface area contributed by atoms with E-state index in [1.54, 1.807) is 7.11 Å². The molecule has 0 aliphatic carbocycles. The molecule has 1 rings (SSSR count). The summed E-state index contributed by atoms with van der Waals surface area (Å²) in [6, 6.07) is 7.91. The summed E-state index contributed by atoms with van der Waals surface area (Å²) >= 11 is 3.42. The van der Waals surface area contributed by atoms with Crippen LogP contribution in [0.15, 0.2) is 28.7 Å². The van der Waals surface area contributed by atoms with E-state index < -0.39 is 0 Å². The van der Waals surface area contributed by atoms with Crippen LogP contribution in [0.25, 0.3) is 0 Å². The number of hydrogen-bond donors (Lipinski definition) is 1. The van der Waals surface area contributed by atoms with Gasteiger partial charge in [0.25, 0.3) is 0 Å². The maximum atomic E-state index is 5.62. The van der Waals surface area contributed by atoms with Gasteiger partial charge in [-0.1, -0.05) is 22.0 Å². The highest BCUT2D eigenvalue weighted by atomic mass is 79.9. The van der Waals surface area contributed by atoms with E-state index in [9.17, 15) is 0 Å². The first kappa shape index (κ1) is 14.5. The summed E-state index contributed by atoms with van der Waals surface area (Å²) in [5, 5.41) is 3.35. The number of nitrogens with one attached hydrogen (secondary N) is 1. The molecule has 4 heteroatoms. The Morgan fingerprint density at radius 2 is 1.94 bits per heavy atom.